The number of aliphatic hydroxyl groups is 1. The van der Waals surface area contributed by atoms with Gasteiger partial charge in [0.1, 0.15) is 48.8 Å². The highest BCUT2D eigenvalue weighted by atomic mass is 16.8. The van der Waals surface area contributed by atoms with Crippen LogP contribution in [0.1, 0.15) is 45.2 Å². The minimum absolute atomic E-state index is 0.00492. The van der Waals surface area contributed by atoms with Crippen LogP contribution < -0.4 is 0 Å². The maximum atomic E-state index is 12.0. The third-order valence-electron chi connectivity index (χ3n) is 12.1. The van der Waals surface area contributed by atoms with E-state index in [1.807, 2.05) is 170 Å². The molecular weight excluding hydrogens is 851 g/mol. The van der Waals surface area contributed by atoms with Gasteiger partial charge in [-0.3, -0.25) is 0 Å². The molecule has 12 heteroatoms. The van der Waals surface area contributed by atoms with Crippen LogP contribution in [0.5, 0.6) is 0 Å². The molecule has 0 radical (unpaired) electrons. The zero-order valence-electron chi connectivity index (χ0n) is 37.0. The van der Waals surface area contributed by atoms with Crippen molar-refractivity contribution in [3.05, 3.63) is 215 Å². The predicted octanol–water partition coefficient (Wildman–Crippen LogP) is 8.36. The molecule has 3 heterocycles. The molecule has 346 valence electrons. The highest BCUT2D eigenvalue weighted by Gasteiger charge is 2.55. The summed E-state index contributed by atoms with van der Waals surface area (Å²) in [5.41, 5.74) is 5.74. The summed E-state index contributed by atoms with van der Waals surface area (Å²) in [6.45, 7) is 1.17. The molecule has 0 aliphatic carbocycles. The van der Waals surface area contributed by atoms with Crippen molar-refractivity contribution in [2.24, 2.45) is 0 Å². The van der Waals surface area contributed by atoms with Crippen LogP contribution in [-0.4, -0.2) is 79.7 Å². The molecule has 1 unspecified atom stereocenters. The van der Waals surface area contributed by atoms with Gasteiger partial charge in [0, 0.05) is 5.56 Å². The van der Waals surface area contributed by atoms with Gasteiger partial charge in [0.05, 0.1) is 57.9 Å². The van der Waals surface area contributed by atoms with Gasteiger partial charge >= 0.3 is 0 Å². The first-order valence-corrected chi connectivity index (χ1v) is 22.7. The second-order valence-electron chi connectivity index (χ2n) is 16.7. The van der Waals surface area contributed by atoms with E-state index in [4.69, 9.17) is 47.4 Å². The molecule has 6 aromatic carbocycles. The van der Waals surface area contributed by atoms with E-state index in [0.29, 0.717) is 17.7 Å². The molecule has 3 fully saturated rings. The Morgan fingerprint density at radius 3 is 1.61 bits per heavy atom. The van der Waals surface area contributed by atoms with E-state index < -0.39 is 67.7 Å². The molecular formula is C55H55NO11. The van der Waals surface area contributed by atoms with Gasteiger partial charge < -0.3 is 52.5 Å². The van der Waals surface area contributed by atoms with Crippen LogP contribution in [0.15, 0.2) is 176 Å². The Morgan fingerprint density at radius 2 is 1.01 bits per heavy atom. The maximum absolute atomic E-state index is 12.0. The Hall–Kier alpha value is -5.63. The lowest BCUT2D eigenvalue weighted by Crippen LogP contribution is -2.67. The molecule has 3 aliphatic heterocycles. The first kappa shape index (κ1) is 46.5. The van der Waals surface area contributed by atoms with Crippen LogP contribution in [0.2, 0.25) is 0 Å². The monoisotopic (exact) mass is 905 g/mol. The van der Waals surface area contributed by atoms with Crippen LogP contribution in [0.4, 0.5) is 0 Å². The quantitative estimate of drug-likeness (QED) is 0.0837. The number of hydrogen-bond donors (Lipinski definition) is 1. The van der Waals surface area contributed by atoms with Crippen LogP contribution in [-0.2, 0) is 80.4 Å². The molecule has 3 aliphatic rings. The molecule has 1 N–H and O–H groups in total. The first-order chi connectivity index (χ1) is 33.1. The van der Waals surface area contributed by atoms with Crippen LogP contribution >= 0.6 is 0 Å². The zero-order valence-corrected chi connectivity index (χ0v) is 37.0. The summed E-state index contributed by atoms with van der Waals surface area (Å²) < 4.78 is 67.1. The minimum Gasteiger partial charge on any atom is -0.374 e. The van der Waals surface area contributed by atoms with Crippen molar-refractivity contribution in [1.29, 1.82) is 5.26 Å². The van der Waals surface area contributed by atoms with Crippen LogP contribution in [0.25, 0.3) is 0 Å². The average molecular weight is 906 g/mol. The van der Waals surface area contributed by atoms with E-state index >= 15 is 0 Å². The van der Waals surface area contributed by atoms with Gasteiger partial charge in [-0.05, 0) is 33.9 Å². The highest BCUT2D eigenvalue weighted by Crippen LogP contribution is 2.39. The maximum Gasteiger partial charge on any atom is 0.187 e. The van der Waals surface area contributed by atoms with Crippen molar-refractivity contribution in [3.63, 3.8) is 0 Å². The molecule has 0 saturated carbocycles. The zero-order chi connectivity index (χ0) is 45.6. The SMILES string of the molecule is N#Cc1ccccc1CO[C@H]1[C@H](O[C@@H]2[C@@H](OCc3ccccc3)[C@@H]3OC(c4ccccc4)OC[C@H]3O[C@@H]2O)O[C@H](COCc2ccccc2)[C@@H](OCc2ccccc2)[C@@H]1OCc1ccccc1. The second-order valence-corrected chi connectivity index (χ2v) is 16.7. The lowest BCUT2D eigenvalue weighted by molar-refractivity contribution is -0.397. The summed E-state index contributed by atoms with van der Waals surface area (Å²) in [4.78, 5) is 0. The third-order valence-corrected chi connectivity index (χ3v) is 12.1. The number of aliphatic hydroxyl groups excluding tert-OH is 1. The van der Waals surface area contributed by atoms with Gasteiger partial charge in [0.2, 0.25) is 0 Å². The molecule has 11 atom stereocenters. The van der Waals surface area contributed by atoms with Crippen molar-refractivity contribution in [3.8, 4) is 6.07 Å². The average Bonchev–Trinajstić information content (AvgIpc) is 3.38. The number of nitriles is 1. The van der Waals surface area contributed by atoms with E-state index in [-0.39, 0.29) is 39.6 Å². The molecule has 3 saturated heterocycles. The van der Waals surface area contributed by atoms with Crippen molar-refractivity contribution in [1.82, 2.24) is 0 Å². The standard InChI is InChI=1S/C55H55NO11/c56-30-43-28-16-17-29-44(43)35-62-52-49(60-33-40-22-10-3-11-23-40)47(59-32-39-20-8-2-9-21-39)45(36-58-31-38-18-6-1-7-19-38)65-55(52)67-51-50(61-34-41-24-12-4-13-25-41)48-46(64-53(51)57)37-63-54(66-48)42-26-14-5-15-27-42/h1-29,45-55,57H,31-37H2/t45-,46-,47-,48-,49+,50+,51-,52-,53+,54?,55+/m1/s1. The summed E-state index contributed by atoms with van der Waals surface area (Å²) >= 11 is 0. The van der Waals surface area contributed by atoms with E-state index in [1.54, 1.807) is 6.07 Å². The van der Waals surface area contributed by atoms with E-state index in [9.17, 15) is 10.4 Å². The molecule has 67 heavy (non-hydrogen) atoms. The van der Waals surface area contributed by atoms with Gasteiger partial charge in [-0.2, -0.15) is 5.26 Å². The largest absolute Gasteiger partial charge is 0.374 e. The van der Waals surface area contributed by atoms with Crippen molar-refractivity contribution in [2.75, 3.05) is 13.2 Å². The fourth-order valence-corrected chi connectivity index (χ4v) is 8.63. The minimum atomic E-state index is -1.51. The van der Waals surface area contributed by atoms with Crippen molar-refractivity contribution >= 4 is 0 Å². The number of ether oxygens (including phenoxy) is 10. The Balaban J connectivity index is 1.08. The molecule has 12 nitrogen and oxygen atoms in total. The van der Waals surface area contributed by atoms with E-state index in [0.717, 1.165) is 27.8 Å². The number of hydrogen-bond acceptors (Lipinski definition) is 12. The number of rotatable bonds is 19. The van der Waals surface area contributed by atoms with Gasteiger partial charge in [0.15, 0.2) is 18.9 Å². The Labute approximate surface area is 391 Å². The molecule has 0 aromatic heterocycles. The number of fused-ring (bicyclic) bond motifs is 1. The fourth-order valence-electron chi connectivity index (χ4n) is 8.63. The molecule has 9 rings (SSSR count). The molecule has 0 amide bonds. The van der Waals surface area contributed by atoms with Crippen LogP contribution in [0.3, 0.4) is 0 Å². The molecule has 0 spiro atoms. The highest BCUT2D eigenvalue weighted by molar-refractivity contribution is 5.37. The fraction of sp³-hybridized carbons (Fsp3) is 0.327. The van der Waals surface area contributed by atoms with Gasteiger partial charge in [-0.25, -0.2) is 0 Å². The number of nitrogens with zero attached hydrogens (tertiary/aromatic N) is 1. The van der Waals surface area contributed by atoms with Crippen molar-refractivity contribution in [2.45, 2.75) is 101 Å². The Bertz CT molecular complexity index is 2430. The number of benzene rings is 6. The molecule has 0 bridgehead atoms. The summed E-state index contributed by atoms with van der Waals surface area (Å²) in [6, 6.07) is 58.6. The third kappa shape index (κ3) is 12.1. The smallest absolute Gasteiger partial charge is 0.187 e. The summed E-state index contributed by atoms with van der Waals surface area (Å²) in [5.74, 6) is 0. The van der Waals surface area contributed by atoms with Crippen molar-refractivity contribution < 1.29 is 52.5 Å². The predicted molar refractivity (Wildman–Crippen MR) is 245 cm³/mol. The summed E-state index contributed by atoms with van der Waals surface area (Å²) in [5, 5.41) is 22.1. The normalized spacial score (nSPS) is 27.1. The van der Waals surface area contributed by atoms with Gasteiger partial charge in [-0.1, -0.05) is 170 Å². The van der Waals surface area contributed by atoms with E-state index in [2.05, 4.69) is 6.07 Å². The van der Waals surface area contributed by atoms with Gasteiger partial charge in [0.25, 0.3) is 0 Å². The summed E-state index contributed by atoms with van der Waals surface area (Å²) in [7, 11) is 0. The lowest BCUT2D eigenvalue weighted by Gasteiger charge is -2.51. The Morgan fingerprint density at radius 1 is 0.507 bits per heavy atom. The lowest BCUT2D eigenvalue weighted by atomic mass is 9.95. The Kier molecular flexibility index (Phi) is 16.2. The topological polar surface area (TPSA) is 136 Å². The first-order valence-electron chi connectivity index (χ1n) is 22.7. The van der Waals surface area contributed by atoms with Crippen LogP contribution in [0, 0.1) is 11.3 Å². The van der Waals surface area contributed by atoms with E-state index in [1.165, 1.54) is 0 Å². The molecule has 6 aromatic rings. The second kappa shape index (κ2) is 23.4. The summed E-state index contributed by atoms with van der Waals surface area (Å²) in [6.07, 6.45) is -10.3. The van der Waals surface area contributed by atoms with Gasteiger partial charge in [-0.15, -0.1) is 0 Å².